The minimum absolute atomic E-state index is 0.380. The summed E-state index contributed by atoms with van der Waals surface area (Å²) in [6.07, 6.45) is 8.71. The lowest BCUT2D eigenvalue weighted by molar-refractivity contribution is 0.0696. The maximum Gasteiger partial charge on any atom is 0.335 e. The molecule has 0 aliphatic heterocycles. The molecule has 0 aromatic heterocycles. The summed E-state index contributed by atoms with van der Waals surface area (Å²) in [5, 5.41) is 8.93. The Morgan fingerprint density at radius 2 is 2.17 bits per heavy atom. The van der Waals surface area contributed by atoms with Gasteiger partial charge in [0.15, 0.2) is 0 Å². The minimum Gasteiger partial charge on any atom is -0.478 e. The van der Waals surface area contributed by atoms with Crippen LogP contribution < -0.4 is 0 Å². The zero-order valence-corrected chi connectivity index (χ0v) is 11.2. The summed E-state index contributed by atoms with van der Waals surface area (Å²) in [6, 6.07) is 7.24. The minimum atomic E-state index is -0.851. The second-order valence-corrected chi connectivity index (χ2v) is 4.77. The summed E-state index contributed by atoms with van der Waals surface area (Å²) in [6.45, 7) is 4.35. The molecule has 0 saturated heterocycles. The molecule has 1 N–H and O–H groups in total. The van der Waals surface area contributed by atoms with Crippen molar-refractivity contribution in [3.8, 4) is 0 Å². The molecule has 1 rings (SSSR count). The lowest BCUT2D eigenvalue weighted by atomic mass is 9.95. The van der Waals surface area contributed by atoms with Crippen LogP contribution >= 0.6 is 0 Å². The van der Waals surface area contributed by atoms with Crippen LogP contribution in [0.5, 0.6) is 0 Å². The molecule has 0 amide bonds. The second kappa shape index (κ2) is 7.70. The Morgan fingerprint density at radius 3 is 2.83 bits per heavy atom. The van der Waals surface area contributed by atoms with Gasteiger partial charge in [-0.15, -0.1) is 0 Å². The van der Waals surface area contributed by atoms with E-state index in [0.717, 1.165) is 31.2 Å². The Hall–Kier alpha value is -1.57. The van der Waals surface area contributed by atoms with Crippen molar-refractivity contribution in [3.05, 3.63) is 47.5 Å². The first-order valence-electron chi connectivity index (χ1n) is 6.60. The first kappa shape index (κ1) is 14.5. The van der Waals surface area contributed by atoms with Gasteiger partial charge in [0.2, 0.25) is 0 Å². The molecule has 0 radical (unpaired) electrons. The molecule has 0 saturated carbocycles. The van der Waals surface area contributed by atoms with E-state index in [1.807, 2.05) is 12.1 Å². The van der Waals surface area contributed by atoms with Gasteiger partial charge in [-0.2, -0.15) is 0 Å². The molecule has 98 valence electrons. The van der Waals surface area contributed by atoms with E-state index in [1.165, 1.54) is 0 Å². The van der Waals surface area contributed by atoms with Gasteiger partial charge in [-0.1, -0.05) is 38.1 Å². The summed E-state index contributed by atoms with van der Waals surface area (Å²) in [7, 11) is 0. The third-order valence-electron chi connectivity index (χ3n) is 2.99. The fourth-order valence-corrected chi connectivity index (χ4v) is 2.00. The highest BCUT2D eigenvalue weighted by Crippen LogP contribution is 2.15. The van der Waals surface area contributed by atoms with Crippen molar-refractivity contribution in [1.82, 2.24) is 0 Å². The van der Waals surface area contributed by atoms with Crippen LogP contribution in [0.2, 0.25) is 0 Å². The molecular weight excluding hydrogens is 224 g/mol. The molecule has 0 aliphatic carbocycles. The molecule has 0 aliphatic rings. The molecule has 1 atom stereocenters. The van der Waals surface area contributed by atoms with E-state index < -0.39 is 5.97 Å². The topological polar surface area (TPSA) is 37.3 Å². The number of aromatic carboxylic acids is 1. The van der Waals surface area contributed by atoms with Gasteiger partial charge >= 0.3 is 5.97 Å². The predicted molar refractivity (Wildman–Crippen MR) is 74.9 cm³/mol. The van der Waals surface area contributed by atoms with Crippen molar-refractivity contribution in [2.75, 3.05) is 0 Å². The highest BCUT2D eigenvalue weighted by Gasteiger charge is 2.06. The number of carbonyl (C=O) groups is 1. The van der Waals surface area contributed by atoms with Crippen molar-refractivity contribution < 1.29 is 9.90 Å². The van der Waals surface area contributed by atoms with Crippen LogP contribution in [-0.2, 0) is 6.42 Å². The molecular formula is C16H22O2. The standard InChI is InChI=1S/C16H22O2/c1-3-4-5-6-8-13(2)11-14-9-7-10-15(12-14)16(17)18/h4-5,7,9-10,12-13H,3,6,8,11H2,1-2H3,(H,17,18)/b5-4-. The van der Waals surface area contributed by atoms with Crippen LogP contribution in [0.4, 0.5) is 0 Å². The van der Waals surface area contributed by atoms with Gasteiger partial charge in [0, 0.05) is 0 Å². The van der Waals surface area contributed by atoms with E-state index in [4.69, 9.17) is 5.11 Å². The quantitative estimate of drug-likeness (QED) is 0.728. The molecule has 0 heterocycles. The molecule has 0 spiro atoms. The molecule has 0 fully saturated rings. The number of carboxylic acids is 1. The summed E-state index contributed by atoms with van der Waals surface area (Å²) in [5.41, 5.74) is 1.49. The van der Waals surface area contributed by atoms with Gasteiger partial charge < -0.3 is 5.11 Å². The Labute approximate surface area is 109 Å². The Kier molecular flexibility index (Phi) is 6.20. The smallest absolute Gasteiger partial charge is 0.335 e. The number of carboxylic acid groups (broad SMARTS) is 1. The lowest BCUT2D eigenvalue weighted by Gasteiger charge is -2.10. The summed E-state index contributed by atoms with van der Waals surface area (Å²) in [5.74, 6) is -0.272. The summed E-state index contributed by atoms with van der Waals surface area (Å²) < 4.78 is 0. The highest BCUT2D eigenvalue weighted by atomic mass is 16.4. The summed E-state index contributed by atoms with van der Waals surface area (Å²) in [4.78, 5) is 10.9. The molecule has 2 nitrogen and oxygen atoms in total. The number of allylic oxidation sites excluding steroid dienone is 2. The summed E-state index contributed by atoms with van der Waals surface area (Å²) >= 11 is 0. The van der Waals surface area contributed by atoms with Gasteiger partial charge in [-0.25, -0.2) is 4.79 Å². The van der Waals surface area contributed by atoms with Gasteiger partial charge in [-0.3, -0.25) is 0 Å². The number of hydrogen-bond donors (Lipinski definition) is 1. The number of hydrogen-bond acceptors (Lipinski definition) is 1. The molecule has 1 aromatic carbocycles. The SMILES string of the molecule is CC/C=C\CCC(C)Cc1cccc(C(=O)O)c1. The fourth-order valence-electron chi connectivity index (χ4n) is 2.00. The molecule has 2 heteroatoms. The van der Waals surface area contributed by atoms with Crippen molar-refractivity contribution in [2.45, 2.75) is 39.5 Å². The van der Waals surface area contributed by atoms with E-state index in [0.29, 0.717) is 11.5 Å². The lowest BCUT2D eigenvalue weighted by Crippen LogP contribution is -2.02. The maximum absolute atomic E-state index is 10.9. The van der Waals surface area contributed by atoms with Gasteiger partial charge in [0.25, 0.3) is 0 Å². The first-order chi connectivity index (χ1) is 8.63. The largest absolute Gasteiger partial charge is 0.478 e. The van der Waals surface area contributed by atoms with Gasteiger partial charge in [0.05, 0.1) is 5.56 Å². The predicted octanol–water partition coefficient (Wildman–Crippen LogP) is 4.31. The maximum atomic E-state index is 10.9. The molecule has 1 aromatic rings. The number of benzene rings is 1. The third-order valence-corrected chi connectivity index (χ3v) is 2.99. The van der Waals surface area contributed by atoms with Gasteiger partial charge in [-0.05, 0) is 49.3 Å². The van der Waals surface area contributed by atoms with Crippen LogP contribution in [0.25, 0.3) is 0 Å². The Balaban J connectivity index is 2.48. The number of rotatable bonds is 7. The monoisotopic (exact) mass is 246 g/mol. The van der Waals surface area contributed by atoms with Crippen molar-refractivity contribution in [1.29, 1.82) is 0 Å². The Bertz CT molecular complexity index is 407. The average Bonchev–Trinajstić information content (AvgIpc) is 2.35. The second-order valence-electron chi connectivity index (χ2n) is 4.77. The van der Waals surface area contributed by atoms with E-state index in [-0.39, 0.29) is 0 Å². The normalized spacial score (nSPS) is 12.8. The third kappa shape index (κ3) is 5.17. The zero-order valence-electron chi connectivity index (χ0n) is 11.2. The van der Waals surface area contributed by atoms with Crippen LogP contribution in [0.3, 0.4) is 0 Å². The fraction of sp³-hybridized carbons (Fsp3) is 0.438. The van der Waals surface area contributed by atoms with Crippen LogP contribution in [-0.4, -0.2) is 11.1 Å². The van der Waals surface area contributed by atoms with Crippen LogP contribution in [0.15, 0.2) is 36.4 Å². The molecule has 0 bridgehead atoms. The van der Waals surface area contributed by atoms with Crippen molar-refractivity contribution in [2.24, 2.45) is 5.92 Å². The van der Waals surface area contributed by atoms with Crippen molar-refractivity contribution in [3.63, 3.8) is 0 Å². The van der Waals surface area contributed by atoms with E-state index in [9.17, 15) is 4.79 Å². The highest BCUT2D eigenvalue weighted by molar-refractivity contribution is 5.87. The average molecular weight is 246 g/mol. The molecule has 18 heavy (non-hydrogen) atoms. The van der Waals surface area contributed by atoms with Crippen LogP contribution in [0.1, 0.15) is 49.0 Å². The van der Waals surface area contributed by atoms with E-state index in [2.05, 4.69) is 26.0 Å². The first-order valence-corrected chi connectivity index (χ1v) is 6.60. The zero-order chi connectivity index (χ0) is 13.4. The van der Waals surface area contributed by atoms with E-state index >= 15 is 0 Å². The van der Waals surface area contributed by atoms with Gasteiger partial charge in [0.1, 0.15) is 0 Å². The van der Waals surface area contributed by atoms with Crippen molar-refractivity contribution >= 4 is 5.97 Å². The molecule has 1 unspecified atom stereocenters. The van der Waals surface area contributed by atoms with E-state index in [1.54, 1.807) is 12.1 Å². The Morgan fingerprint density at radius 1 is 1.39 bits per heavy atom. The van der Waals surface area contributed by atoms with Crippen LogP contribution in [0, 0.1) is 5.92 Å².